The number of hydrogen-bond donors (Lipinski definition) is 3. The van der Waals surface area contributed by atoms with Crippen LogP contribution in [0.1, 0.15) is 55.6 Å². The van der Waals surface area contributed by atoms with Crippen LogP contribution in [0.5, 0.6) is 0 Å². The number of nitrogens with one attached hydrogen (secondary N) is 2. The second kappa shape index (κ2) is 10.1. The van der Waals surface area contributed by atoms with E-state index in [1.807, 2.05) is 36.4 Å². The number of carboxylic acid groups (broad SMARTS) is 1. The topological polar surface area (TPSA) is 105 Å². The van der Waals surface area contributed by atoms with Gasteiger partial charge < -0.3 is 20.5 Å². The molecule has 0 aliphatic heterocycles. The van der Waals surface area contributed by atoms with Crippen LogP contribution in [0.2, 0.25) is 0 Å². The lowest BCUT2D eigenvalue weighted by atomic mass is 9.97. The van der Waals surface area contributed by atoms with E-state index in [2.05, 4.69) is 22.8 Å². The fraction of sp³-hybridized carbons (Fsp3) is 0.464. The monoisotopic (exact) mass is 476 g/mol. The molecule has 7 heteroatoms. The van der Waals surface area contributed by atoms with Crippen molar-refractivity contribution in [3.8, 4) is 11.1 Å². The molecule has 7 nitrogen and oxygen atoms in total. The van der Waals surface area contributed by atoms with Crippen LogP contribution in [0.4, 0.5) is 4.79 Å². The number of carboxylic acids is 1. The van der Waals surface area contributed by atoms with E-state index in [0.717, 1.165) is 22.3 Å². The SMILES string of the molecule is O=C(O)CCC(NC(=O)OCC1c2ccccc2-c2ccccc21)C(=O)NCC(C1CC1)C1CC1. The van der Waals surface area contributed by atoms with Crippen LogP contribution < -0.4 is 10.6 Å². The molecular formula is C28H32N2O5. The van der Waals surface area contributed by atoms with Crippen LogP contribution in [-0.2, 0) is 14.3 Å². The van der Waals surface area contributed by atoms with E-state index < -0.39 is 18.1 Å². The second-order valence-corrected chi connectivity index (χ2v) is 10.0. The van der Waals surface area contributed by atoms with E-state index in [9.17, 15) is 14.4 Å². The molecule has 184 valence electrons. The summed E-state index contributed by atoms with van der Waals surface area (Å²) in [4.78, 5) is 36.7. The first-order chi connectivity index (χ1) is 17.0. The zero-order chi connectivity index (χ0) is 24.4. The Morgan fingerprint density at radius 3 is 2.03 bits per heavy atom. The van der Waals surface area contributed by atoms with E-state index in [1.165, 1.54) is 25.7 Å². The first-order valence-electron chi connectivity index (χ1n) is 12.6. The van der Waals surface area contributed by atoms with Crippen molar-refractivity contribution in [2.24, 2.45) is 17.8 Å². The number of rotatable bonds is 11. The molecule has 2 aromatic carbocycles. The Kier molecular flexibility index (Phi) is 6.75. The molecule has 0 bridgehead atoms. The van der Waals surface area contributed by atoms with Crippen molar-refractivity contribution in [1.82, 2.24) is 10.6 Å². The van der Waals surface area contributed by atoms with Gasteiger partial charge in [0.05, 0.1) is 0 Å². The van der Waals surface area contributed by atoms with Gasteiger partial charge in [-0.3, -0.25) is 9.59 Å². The van der Waals surface area contributed by atoms with Crippen molar-refractivity contribution in [2.45, 2.75) is 50.5 Å². The number of fused-ring (bicyclic) bond motifs is 3. The summed E-state index contributed by atoms with van der Waals surface area (Å²) in [6, 6.07) is 15.2. The number of carbonyl (C=O) groups is 3. The maximum atomic E-state index is 12.9. The van der Waals surface area contributed by atoms with Crippen molar-refractivity contribution < 1.29 is 24.2 Å². The van der Waals surface area contributed by atoms with Gasteiger partial charge in [0.25, 0.3) is 0 Å². The van der Waals surface area contributed by atoms with Gasteiger partial charge in [0.1, 0.15) is 12.6 Å². The van der Waals surface area contributed by atoms with Crippen LogP contribution in [0.3, 0.4) is 0 Å². The van der Waals surface area contributed by atoms with Crippen molar-refractivity contribution in [2.75, 3.05) is 13.2 Å². The predicted molar refractivity (Wildman–Crippen MR) is 131 cm³/mol. The van der Waals surface area contributed by atoms with Gasteiger partial charge in [-0.15, -0.1) is 0 Å². The fourth-order valence-corrected chi connectivity index (χ4v) is 5.43. The van der Waals surface area contributed by atoms with Crippen molar-refractivity contribution in [3.05, 3.63) is 59.7 Å². The zero-order valence-electron chi connectivity index (χ0n) is 19.7. The first-order valence-corrected chi connectivity index (χ1v) is 12.6. The van der Waals surface area contributed by atoms with Gasteiger partial charge in [-0.05, 0) is 72.1 Å². The fourth-order valence-electron chi connectivity index (χ4n) is 5.43. The minimum absolute atomic E-state index is 0.0168. The Morgan fingerprint density at radius 1 is 0.914 bits per heavy atom. The Hall–Kier alpha value is -3.35. The summed E-state index contributed by atoms with van der Waals surface area (Å²) in [6.45, 7) is 0.725. The Morgan fingerprint density at radius 2 is 1.49 bits per heavy atom. The summed E-state index contributed by atoms with van der Waals surface area (Å²) in [6.07, 6.45) is 3.97. The van der Waals surface area contributed by atoms with E-state index >= 15 is 0 Å². The molecule has 2 amide bonds. The molecule has 2 saturated carbocycles. The van der Waals surface area contributed by atoms with Crippen LogP contribution in [0.25, 0.3) is 11.1 Å². The Bertz CT molecular complexity index is 1050. The lowest BCUT2D eigenvalue weighted by molar-refractivity contribution is -0.137. The second-order valence-electron chi connectivity index (χ2n) is 10.0. The number of benzene rings is 2. The van der Waals surface area contributed by atoms with Crippen LogP contribution >= 0.6 is 0 Å². The zero-order valence-corrected chi connectivity index (χ0v) is 19.7. The summed E-state index contributed by atoms with van der Waals surface area (Å²) in [5, 5.41) is 14.7. The Balaban J connectivity index is 1.19. The maximum absolute atomic E-state index is 12.9. The number of carbonyl (C=O) groups excluding carboxylic acids is 2. The molecule has 0 aromatic heterocycles. The number of hydrogen-bond acceptors (Lipinski definition) is 4. The highest BCUT2D eigenvalue weighted by molar-refractivity contribution is 5.86. The summed E-state index contributed by atoms with van der Waals surface area (Å²) in [5.74, 6) is 0.438. The van der Waals surface area contributed by atoms with Gasteiger partial charge in [-0.2, -0.15) is 0 Å². The lowest BCUT2D eigenvalue weighted by Crippen LogP contribution is -2.48. The standard InChI is InChI=1S/C28H32N2O5/c31-26(32)14-13-25(27(33)29-15-23(17-9-10-17)18-11-12-18)30-28(34)35-16-24-21-7-3-1-5-19(21)20-6-2-4-8-22(20)24/h1-8,17-18,23-25H,9-16H2,(H,29,33)(H,30,34)(H,31,32). The summed E-state index contributed by atoms with van der Waals surface area (Å²) in [5.41, 5.74) is 4.48. The summed E-state index contributed by atoms with van der Waals surface area (Å²) in [7, 11) is 0. The minimum Gasteiger partial charge on any atom is -0.481 e. The molecule has 0 heterocycles. The van der Waals surface area contributed by atoms with Crippen molar-refractivity contribution >= 4 is 18.0 Å². The number of aliphatic carboxylic acids is 1. The third-order valence-corrected chi connectivity index (χ3v) is 7.57. The predicted octanol–water partition coefficient (Wildman–Crippen LogP) is 4.31. The van der Waals surface area contributed by atoms with Crippen molar-refractivity contribution in [3.63, 3.8) is 0 Å². The highest BCUT2D eigenvalue weighted by Gasteiger charge is 2.41. The molecular weight excluding hydrogens is 444 g/mol. The molecule has 3 N–H and O–H groups in total. The average molecular weight is 477 g/mol. The molecule has 1 unspecified atom stereocenters. The van der Waals surface area contributed by atoms with E-state index in [1.54, 1.807) is 0 Å². The minimum atomic E-state index is -1.01. The highest BCUT2D eigenvalue weighted by atomic mass is 16.5. The first kappa shape index (κ1) is 23.4. The third-order valence-electron chi connectivity index (χ3n) is 7.57. The van der Waals surface area contributed by atoms with Crippen LogP contribution in [0.15, 0.2) is 48.5 Å². The van der Waals surface area contributed by atoms with E-state index in [4.69, 9.17) is 9.84 Å². The number of alkyl carbamates (subject to hydrolysis) is 1. The average Bonchev–Trinajstić information content (AvgIpc) is 3.79. The molecule has 0 spiro atoms. The molecule has 1 atom stereocenters. The summed E-state index contributed by atoms with van der Waals surface area (Å²) >= 11 is 0. The molecule has 0 saturated heterocycles. The number of amides is 2. The van der Waals surface area contributed by atoms with Gasteiger partial charge in [0, 0.05) is 18.9 Å². The largest absolute Gasteiger partial charge is 0.481 e. The van der Waals surface area contributed by atoms with Gasteiger partial charge in [-0.25, -0.2) is 4.79 Å². The maximum Gasteiger partial charge on any atom is 0.407 e. The van der Waals surface area contributed by atoms with E-state index in [-0.39, 0.29) is 31.3 Å². The van der Waals surface area contributed by atoms with E-state index in [0.29, 0.717) is 24.3 Å². The van der Waals surface area contributed by atoms with Gasteiger partial charge in [0.15, 0.2) is 0 Å². The van der Waals surface area contributed by atoms with Gasteiger partial charge in [-0.1, -0.05) is 48.5 Å². The van der Waals surface area contributed by atoms with Gasteiger partial charge >= 0.3 is 12.1 Å². The number of ether oxygens (including phenoxy) is 1. The summed E-state index contributed by atoms with van der Waals surface area (Å²) < 4.78 is 5.57. The quantitative estimate of drug-likeness (QED) is 0.448. The van der Waals surface area contributed by atoms with Gasteiger partial charge in [0.2, 0.25) is 5.91 Å². The normalized spacial score (nSPS) is 17.4. The molecule has 3 aliphatic carbocycles. The molecule has 2 aromatic rings. The lowest BCUT2D eigenvalue weighted by Gasteiger charge is -2.21. The highest BCUT2D eigenvalue weighted by Crippen LogP contribution is 2.49. The van der Waals surface area contributed by atoms with Crippen molar-refractivity contribution in [1.29, 1.82) is 0 Å². The van der Waals surface area contributed by atoms with Crippen LogP contribution in [-0.4, -0.2) is 42.3 Å². The smallest absolute Gasteiger partial charge is 0.407 e. The third kappa shape index (κ3) is 5.50. The molecule has 5 rings (SSSR count). The molecule has 3 aliphatic rings. The molecule has 0 radical (unpaired) electrons. The Labute approximate surface area is 205 Å². The van der Waals surface area contributed by atoms with Crippen LogP contribution in [0, 0.1) is 17.8 Å². The molecule has 35 heavy (non-hydrogen) atoms. The molecule has 2 fully saturated rings.